The van der Waals surface area contributed by atoms with Crippen molar-refractivity contribution >= 4 is 29.2 Å². The van der Waals surface area contributed by atoms with Gasteiger partial charge in [-0.2, -0.15) is 26.3 Å². The first-order chi connectivity index (χ1) is 12.3. The maximum absolute atomic E-state index is 12.7. The number of alkyl halides is 6. The van der Waals surface area contributed by atoms with Gasteiger partial charge in [-0.15, -0.1) is 0 Å². The second-order valence-electron chi connectivity index (χ2n) is 5.33. The third-order valence-corrected chi connectivity index (χ3v) is 4.04. The second-order valence-corrected chi connectivity index (χ2v) is 6.14. The van der Waals surface area contributed by atoms with Crippen molar-refractivity contribution in [2.24, 2.45) is 0 Å². The Balaban J connectivity index is 2.56. The summed E-state index contributed by atoms with van der Waals surface area (Å²) in [4.78, 5) is 18.2. The fourth-order valence-corrected chi connectivity index (χ4v) is 2.81. The van der Waals surface area contributed by atoms with E-state index in [0.29, 0.717) is 24.5 Å². The minimum absolute atomic E-state index is 0.304. The molecule has 0 saturated carbocycles. The average Bonchev–Trinajstić information content (AvgIpc) is 2.51. The van der Waals surface area contributed by atoms with Crippen LogP contribution in [0.2, 0.25) is 10.0 Å². The fourth-order valence-electron chi connectivity index (χ4n) is 2.22. The number of aliphatic carboxylic acids is 1. The van der Waals surface area contributed by atoms with Crippen LogP contribution in [0.4, 0.5) is 26.3 Å². The third-order valence-electron chi connectivity index (χ3n) is 3.43. The molecule has 0 aliphatic heterocycles. The van der Waals surface area contributed by atoms with Crippen LogP contribution in [0.5, 0.6) is 0 Å². The van der Waals surface area contributed by atoms with Crippen molar-refractivity contribution in [1.82, 2.24) is 9.97 Å². The van der Waals surface area contributed by atoms with Crippen molar-refractivity contribution in [1.29, 1.82) is 0 Å². The van der Waals surface area contributed by atoms with Crippen LogP contribution < -0.4 is 0 Å². The Morgan fingerprint density at radius 3 is 1.56 bits per heavy atom. The van der Waals surface area contributed by atoms with E-state index in [4.69, 9.17) is 28.3 Å². The quantitative estimate of drug-likeness (QED) is 0.654. The summed E-state index contributed by atoms with van der Waals surface area (Å²) in [6.07, 6.45) is -9.35. The number of hydrogen-bond acceptors (Lipinski definition) is 3. The Hall–Kier alpha value is -2.07. The summed E-state index contributed by atoms with van der Waals surface area (Å²) in [5, 5.41) is 8.02. The monoisotopic (exact) mass is 432 g/mol. The van der Waals surface area contributed by atoms with Gasteiger partial charge >= 0.3 is 18.3 Å². The Morgan fingerprint density at radius 1 is 0.926 bits per heavy atom. The number of carboxylic acid groups (broad SMARTS) is 1. The minimum atomic E-state index is -4.73. The summed E-state index contributed by atoms with van der Waals surface area (Å²) in [5.41, 5.74) is -2.95. The lowest BCUT2D eigenvalue weighted by Gasteiger charge is -2.18. The molecule has 0 unspecified atom stereocenters. The van der Waals surface area contributed by atoms with E-state index in [-0.39, 0.29) is 11.4 Å². The highest BCUT2D eigenvalue weighted by atomic mass is 35.5. The second kappa shape index (κ2) is 7.51. The molecule has 4 nitrogen and oxygen atoms in total. The molecule has 2 aromatic rings. The zero-order valence-corrected chi connectivity index (χ0v) is 14.4. The molecular formula is C15H8Cl2F6N2O2. The lowest BCUT2D eigenvalue weighted by atomic mass is 9.95. The summed E-state index contributed by atoms with van der Waals surface area (Å²) in [5.74, 6) is -2.76. The van der Waals surface area contributed by atoms with Crippen LogP contribution in [-0.2, 0) is 17.1 Å². The lowest BCUT2D eigenvalue weighted by molar-refractivity contribution is -0.138. The molecule has 0 aromatic carbocycles. The fraction of sp³-hybridized carbons (Fsp3) is 0.267. The lowest BCUT2D eigenvalue weighted by Crippen LogP contribution is -2.15. The molecular weight excluding hydrogens is 425 g/mol. The molecule has 0 spiro atoms. The Bertz CT molecular complexity index is 807. The van der Waals surface area contributed by atoms with Crippen molar-refractivity contribution in [2.45, 2.75) is 24.7 Å². The highest BCUT2D eigenvalue weighted by Crippen LogP contribution is 2.39. The largest absolute Gasteiger partial charge is 0.481 e. The molecule has 0 atom stereocenters. The van der Waals surface area contributed by atoms with Crippen LogP contribution in [0.3, 0.4) is 0 Å². The van der Waals surface area contributed by atoms with Crippen molar-refractivity contribution in [3.63, 3.8) is 0 Å². The first-order valence-electron chi connectivity index (χ1n) is 6.97. The van der Waals surface area contributed by atoms with Crippen molar-refractivity contribution < 1.29 is 36.2 Å². The van der Waals surface area contributed by atoms with E-state index in [1.54, 1.807) is 0 Å². The third kappa shape index (κ3) is 5.01. The highest BCUT2D eigenvalue weighted by Gasteiger charge is 2.35. The number of rotatable bonds is 4. The van der Waals surface area contributed by atoms with Crippen molar-refractivity contribution in [2.75, 3.05) is 0 Å². The predicted molar refractivity (Wildman–Crippen MR) is 82.6 cm³/mol. The van der Waals surface area contributed by atoms with E-state index < -0.39 is 51.8 Å². The van der Waals surface area contributed by atoms with E-state index in [1.165, 1.54) is 0 Å². The van der Waals surface area contributed by atoms with E-state index in [1.807, 2.05) is 0 Å². The Morgan fingerprint density at radius 2 is 1.30 bits per heavy atom. The Labute approximate surface area is 157 Å². The molecule has 0 bridgehead atoms. The molecule has 146 valence electrons. The van der Waals surface area contributed by atoms with Gasteiger partial charge in [-0.25, -0.2) is 0 Å². The van der Waals surface area contributed by atoms with Gasteiger partial charge in [0.05, 0.1) is 44.9 Å². The molecule has 2 heterocycles. The van der Waals surface area contributed by atoms with Crippen LogP contribution in [0.1, 0.15) is 34.9 Å². The van der Waals surface area contributed by atoms with Crippen LogP contribution in [0.15, 0.2) is 24.5 Å². The summed E-state index contributed by atoms with van der Waals surface area (Å²) < 4.78 is 76.3. The van der Waals surface area contributed by atoms with Gasteiger partial charge in [0, 0.05) is 12.4 Å². The minimum Gasteiger partial charge on any atom is -0.481 e. The van der Waals surface area contributed by atoms with Crippen molar-refractivity contribution in [3.05, 3.63) is 57.1 Å². The summed E-state index contributed by atoms with van der Waals surface area (Å²) >= 11 is 11.6. The summed E-state index contributed by atoms with van der Waals surface area (Å²) in [7, 11) is 0. The van der Waals surface area contributed by atoms with E-state index in [9.17, 15) is 31.1 Å². The molecule has 0 aliphatic rings. The van der Waals surface area contributed by atoms with Crippen molar-refractivity contribution in [3.8, 4) is 0 Å². The molecule has 0 fully saturated rings. The molecule has 0 saturated heterocycles. The molecule has 0 aliphatic carbocycles. The maximum atomic E-state index is 12.7. The number of aromatic nitrogens is 2. The maximum Gasteiger partial charge on any atom is 0.417 e. The predicted octanol–water partition coefficient (Wildman–Crippen LogP) is 5.43. The van der Waals surface area contributed by atoms with Gasteiger partial charge in [-0.3, -0.25) is 14.8 Å². The zero-order chi connectivity index (χ0) is 20.6. The summed E-state index contributed by atoms with van der Waals surface area (Å²) in [6, 6.07) is 1.08. The van der Waals surface area contributed by atoms with Crippen LogP contribution >= 0.6 is 23.2 Å². The van der Waals surface area contributed by atoms with Crippen LogP contribution in [0, 0.1) is 0 Å². The Kier molecular flexibility index (Phi) is 5.91. The van der Waals surface area contributed by atoms with Gasteiger partial charge in [0.15, 0.2) is 0 Å². The van der Waals surface area contributed by atoms with Gasteiger partial charge in [-0.05, 0) is 12.1 Å². The molecule has 2 rings (SSSR count). The first-order valence-corrected chi connectivity index (χ1v) is 7.73. The summed E-state index contributed by atoms with van der Waals surface area (Å²) in [6.45, 7) is 0. The SMILES string of the molecule is O=C(O)CC(c1ncc(C(F)(F)F)cc1Cl)c1ncc(C(F)(F)F)cc1Cl. The highest BCUT2D eigenvalue weighted by molar-refractivity contribution is 6.32. The number of hydrogen-bond donors (Lipinski definition) is 1. The molecule has 12 heteroatoms. The van der Waals surface area contributed by atoms with E-state index in [0.717, 1.165) is 0 Å². The zero-order valence-electron chi connectivity index (χ0n) is 12.9. The molecule has 1 N–H and O–H groups in total. The van der Waals surface area contributed by atoms with Gasteiger partial charge < -0.3 is 5.11 Å². The molecule has 27 heavy (non-hydrogen) atoms. The molecule has 0 amide bonds. The standard InChI is InChI=1S/C15H8Cl2F6N2O2/c16-9-1-6(14(18,19)20)4-24-12(9)8(3-11(26)27)13-10(17)2-7(5-25-13)15(21,22)23/h1-2,4-5,8H,3H2,(H,26,27). The topological polar surface area (TPSA) is 63.1 Å². The van der Waals surface area contributed by atoms with Gasteiger partial charge in [0.25, 0.3) is 0 Å². The first kappa shape index (κ1) is 21.2. The van der Waals surface area contributed by atoms with Crippen LogP contribution in [-0.4, -0.2) is 21.0 Å². The number of carboxylic acids is 1. The van der Waals surface area contributed by atoms with E-state index in [2.05, 4.69) is 9.97 Å². The van der Waals surface area contributed by atoms with Gasteiger partial charge in [0.1, 0.15) is 0 Å². The normalized spacial score (nSPS) is 12.5. The number of halogens is 8. The van der Waals surface area contributed by atoms with Crippen LogP contribution in [0.25, 0.3) is 0 Å². The average molecular weight is 433 g/mol. The van der Waals surface area contributed by atoms with E-state index >= 15 is 0 Å². The molecule has 2 aromatic heterocycles. The molecule has 0 radical (unpaired) electrons. The number of pyridine rings is 2. The number of carbonyl (C=O) groups is 1. The smallest absolute Gasteiger partial charge is 0.417 e. The number of nitrogens with zero attached hydrogens (tertiary/aromatic N) is 2. The van der Waals surface area contributed by atoms with Gasteiger partial charge in [0.2, 0.25) is 0 Å². The van der Waals surface area contributed by atoms with Gasteiger partial charge in [-0.1, -0.05) is 23.2 Å².